The van der Waals surface area contributed by atoms with E-state index in [2.05, 4.69) is 36.6 Å². The van der Waals surface area contributed by atoms with Crippen LogP contribution in [0.3, 0.4) is 0 Å². The summed E-state index contributed by atoms with van der Waals surface area (Å²) < 4.78 is 2.29. The van der Waals surface area contributed by atoms with Crippen LogP contribution in [0.25, 0.3) is 10.9 Å². The molecule has 3 aromatic rings. The lowest BCUT2D eigenvalue weighted by atomic mass is 10.00. The smallest absolute Gasteiger partial charge is 0.258 e. The molecule has 0 radical (unpaired) electrons. The number of hydrogen-bond acceptors (Lipinski definition) is 6. The highest BCUT2D eigenvalue weighted by Gasteiger charge is 2.32. The monoisotopic (exact) mass is 430 g/mol. The number of H-pyrrole nitrogens is 1. The molecule has 1 aliphatic carbocycles. The van der Waals surface area contributed by atoms with Crippen LogP contribution in [0.5, 0.6) is 0 Å². The maximum Gasteiger partial charge on any atom is 0.258 e. The zero-order valence-electron chi connectivity index (χ0n) is 16.3. The van der Waals surface area contributed by atoms with Gasteiger partial charge in [-0.2, -0.15) is 0 Å². The van der Waals surface area contributed by atoms with Gasteiger partial charge in [-0.3, -0.25) is 9.36 Å². The van der Waals surface area contributed by atoms with Gasteiger partial charge in [0.05, 0.1) is 16.7 Å². The molecular formula is C20H23ClN6OS. The second-order valence-electron chi connectivity index (χ2n) is 8.02. The van der Waals surface area contributed by atoms with Crippen LogP contribution in [0, 0.1) is 5.92 Å². The van der Waals surface area contributed by atoms with Crippen molar-refractivity contribution in [2.24, 2.45) is 5.92 Å². The molecule has 152 valence electrons. The van der Waals surface area contributed by atoms with Gasteiger partial charge in [-0.25, -0.2) is 4.98 Å². The number of piperidine rings is 1. The van der Waals surface area contributed by atoms with Crippen LogP contribution in [0.4, 0.5) is 5.95 Å². The van der Waals surface area contributed by atoms with E-state index in [0.29, 0.717) is 33.5 Å². The quantitative estimate of drug-likeness (QED) is 0.615. The molecule has 0 atom stereocenters. The zero-order valence-corrected chi connectivity index (χ0v) is 17.8. The second-order valence-corrected chi connectivity index (χ2v) is 9.40. The molecule has 0 spiro atoms. The molecule has 0 unspecified atom stereocenters. The maximum absolute atomic E-state index is 12.4. The third-order valence-electron chi connectivity index (χ3n) is 5.68. The number of rotatable bonds is 5. The van der Waals surface area contributed by atoms with Gasteiger partial charge in [-0.15, -0.1) is 10.2 Å². The van der Waals surface area contributed by atoms with Crippen molar-refractivity contribution in [2.45, 2.75) is 49.6 Å². The van der Waals surface area contributed by atoms with E-state index in [1.807, 2.05) is 0 Å². The van der Waals surface area contributed by atoms with E-state index in [0.717, 1.165) is 30.1 Å². The minimum atomic E-state index is -0.144. The summed E-state index contributed by atoms with van der Waals surface area (Å²) in [6.07, 6.45) is 4.74. The van der Waals surface area contributed by atoms with Gasteiger partial charge in [0.2, 0.25) is 5.95 Å². The van der Waals surface area contributed by atoms with Gasteiger partial charge in [-0.1, -0.05) is 30.3 Å². The van der Waals surface area contributed by atoms with Gasteiger partial charge in [0, 0.05) is 24.2 Å². The predicted octanol–water partition coefficient (Wildman–Crippen LogP) is 4.03. The topological polar surface area (TPSA) is 79.7 Å². The Balaban J connectivity index is 1.38. The minimum Gasteiger partial charge on any atom is -0.341 e. The van der Waals surface area contributed by atoms with Crippen molar-refractivity contribution in [2.75, 3.05) is 18.0 Å². The van der Waals surface area contributed by atoms with Crippen LogP contribution in [0.2, 0.25) is 5.02 Å². The summed E-state index contributed by atoms with van der Waals surface area (Å²) in [7, 11) is 0. The molecule has 0 amide bonds. The van der Waals surface area contributed by atoms with Crippen molar-refractivity contribution in [3.8, 4) is 0 Å². The summed E-state index contributed by atoms with van der Waals surface area (Å²) in [6, 6.07) is 5.62. The summed E-state index contributed by atoms with van der Waals surface area (Å²) in [6.45, 7) is 4.39. The normalized spacial score (nSPS) is 17.9. The standard InChI is InChI=1S/C20H23ClN6OS/c1-12-6-8-26(9-7-12)19-24-25-20(27(19)14-3-4-14)29-11-17-22-16-10-13(21)2-5-15(16)18(28)23-17/h2,5,10,12,14H,3-4,6-9,11H2,1H3,(H,22,23,28). The molecule has 3 heterocycles. The number of anilines is 1. The third kappa shape index (κ3) is 3.88. The molecule has 1 saturated heterocycles. The van der Waals surface area contributed by atoms with E-state index in [1.54, 1.807) is 30.0 Å². The van der Waals surface area contributed by atoms with Crippen molar-refractivity contribution >= 4 is 40.2 Å². The molecule has 1 aromatic carbocycles. The first-order valence-corrected chi connectivity index (χ1v) is 11.5. The Morgan fingerprint density at radius 2 is 2.00 bits per heavy atom. The van der Waals surface area contributed by atoms with Crippen molar-refractivity contribution in [1.82, 2.24) is 24.7 Å². The number of aromatic nitrogens is 5. The highest BCUT2D eigenvalue weighted by molar-refractivity contribution is 7.98. The van der Waals surface area contributed by atoms with Gasteiger partial charge >= 0.3 is 0 Å². The minimum absolute atomic E-state index is 0.144. The Morgan fingerprint density at radius 1 is 1.21 bits per heavy atom. The summed E-state index contributed by atoms with van der Waals surface area (Å²) in [5, 5.41) is 11.0. The highest BCUT2D eigenvalue weighted by atomic mass is 35.5. The Labute approximate surface area is 177 Å². The molecule has 2 aromatic heterocycles. The molecule has 7 nitrogen and oxygen atoms in total. The summed E-state index contributed by atoms with van der Waals surface area (Å²) >= 11 is 7.63. The molecule has 1 N–H and O–H groups in total. The number of nitrogens with one attached hydrogen (secondary N) is 1. The van der Waals surface area contributed by atoms with Gasteiger partial charge in [0.1, 0.15) is 5.82 Å². The van der Waals surface area contributed by atoms with Crippen molar-refractivity contribution in [3.05, 3.63) is 39.4 Å². The van der Waals surface area contributed by atoms with Crippen LogP contribution in [0.1, 0.15) is 44.5 Å². The van der Waals surface area contributed by atoms with Crippen molar-refractivity contribution in [3.63, 3.8) is 0 Å². The Hall–Kier alpha value is -2.06. The highest BCUT2D eigenvalue weighted by Crippen LogP contribution is 2.41. The number of fused-ring (bicyclic) bond motifs is 1. The molecule has 29 heavy (non-hydrogen) atoms. The molecule has 9 heteroatoms. The van der Waals surface area contributed by atoms with Crippen LogP contribution < -0.4 is 10.5 Å². The predicted molar refractivity (Wildman–Crippen MR) is 116 cm³/mol. The Kier molecular flexibility index (Phi) is 4.99. The molecule has 2 aliphatic rings. The average Bonchev–Trinajstić information content (AvgIpc) is 3.46. The first kappa shape index (κ1) is 18.9. The lowest BCUT2D eigenvalue weighted by molar-refractivity contribution is 0.429. The molecule has 1 saturated carbocycles. The first-order valence-electron chi connectivity index (χ1n) is 10.1. The lowest BCUT2D eigenvalue weighted by Crippen LogP contribution is -2.34. The lowest BCUT2D eigenvalue weighted by Gasteiger charge is -2.31. The largest absolute Gasteiger partial charge is 0.341 e. The van der Waals surface area contributed by atoms with Crippen LogP contribution in [0.15, 0.2) is 28.2 Å². The number of benzene rings is 1. The Morgan fingerprint density at radius 3 is 2.76 bits per heavy atom. The summed E-state index contributed by atoms with van der Waals surface area (Å²) in [5.74, 6) is 2.92. The molecular weight excluding hydrogens is 408 g/mol. The van der Waals surface area contributed by atoms with E-state index < -0.39 is 0 Å². The SMILES string of the molecule is CC1CCN(c2nnc(SCc3nc4cc(Cl)ccc4c(=O)[nH]3)n2C2CC2)CC1. The fraction of sp³-hybridized carbons (Fsp3) is 0.500. The summed E-state index contributed by atoms with van der Waals surface area (Å²) in [4.78, 5) is 22.2. The van der Waals surface area contributed by atoms with Crippen molar-refractivity contribution in [1.29, 1.82) is 0 Å². The van der Waals surface area contributed by atoms with Crippen LogP contribution in [-0.2, 0) is 5.75 Å². The Bertz CT molecular complexity index is 1100. The molecule has 0 bridgehead atoms. The number of thioether (sulfide) groups is 1. The molecule has 2 fully saturated rings. The van der Waals surface area contributed by atoms with E-state index in [4.69, 9.17) is 11.6 Å². The third-order valence-corrected chi connectivity index (χ3v) is 6.87. The second kappa shape index (κ2) is 7.65. The fourth-order valence-corrected chi connectivity index (χ4v) is 4.84. The van der Waals surface area contributed by atoms with Gasteiger partial charge in [0.15, 0.2) is 5.16 Å². The van der Waals surface area contributed by atoms with E-state index in [-0.39, 0.29) is 5.56 Å². The average molecular weight is 431 g/mol. The molecule has 5 rings (SSSR count). The van der Waals surface area contributed by atoms with Gasteiger partial charge < -0.3 is 9.88 Å². The first-order chi connectivity index (χ1) is 14.1. The number of hydrogen-bond donors (Lipinski definition) is 1. The van der Waals surface area contributed by atoms with Gasteiger partial charge in [-0.05, 0) is 49.8 Å². The number of halogens is 1. The molecule has 1 aliphatic heterocycles. The number of aromatic amines is 1. The van der Waals surface area contributed by atoms with E-state index >= 15 is 0 Å². The van der Waals surface area contributed by atoms with E-state index in [1.165, 1.54) is 25.7 Å². The van der Waals surface area contributed by atoms with Crippen LogP contribution in [-0.4, -0.2) is 37.8 Å². The maximum atomic E-state index is 12.4. The van der Waals surface area contributed by atoms with Gasteiger partial charge in [0.25, 0.3) is 5.56 Å². The van der Waals surface area contributed by atoms with Crippen molar-refractivity contribution < 1.29 is 0 Å². The van der Waals surface area contributed by atoms with E-state index in [9.17, 15) is 4.79 Å². The zero-order chi connectivity index (χ0) is 20.0. The summed E-state index contributed by atoms with van der Waals surface area (Å²) in [5.41, 5.74) is 0.470. The number of nitrogens with zero attached hydrogens (tertiary/aromatic N) is 5. The fourth-order valence-electron chi connectivity index (χ4n) is 3.81. The van der Waals surface area contributed by atoms with Crippen LogP contribution >= 0.6 is 23.4 Å².